The van der Waals surface area contributed by atoms with Crippen LogP contribution in [0.5, 0.6) is 0 Å². The third-order valence-electron chi connectivity index (χ3n) is 4.91. The van der Waals surface area contributed by atoms with Gasteiger partial charge in [0.05, 0.1) is 12.1 Å². The number of pyridine rings is 1. The van der Waals surface area contributed by atoms with Gasteiger partial charge in [-0.1, -0.05) is 36.4 Å². The normalized spacial score (nSPS) is 10.8. The molecule has 0 fully saturated rings. The van der Waals surface area contributed by atoms with Crippen molar-refractivity contribution in [1.29, 1.82) is 0 Å². The third kappa shape index (κ3) is 4.66. The molecule has 0 aliphatic heterocycles. The van der Waals surface area contributed by atoms with Crippen molar-refractivity contribution >= 4 is 22.6 Å². The second kappa shape index (κ2) is 8.87. The fourth-order valence-electron chi connectivity index (χ4n) is 3.30. The Hall–Kier alpha value is -3.87. The van der Waals surface area contributed by atoms with Crippen LogP contribution in [0.4, 0.5) is 10.2 Å². The Bertz CT molecular complexity index is 1260. The predicted molar refractivity (Wildman–Crippen MR) is 118 cm³/mol. The first-order valence-electron chi connectivity index (χ1n) is 9.96. The summed E-state index contributed by atoms with van der Waals surface area (Å²) in [5.41, 5.74) is 3.43. The van der Waals surface area contributed by atoms with Crippen LogP contribution in [0.15, 0.2) is 60.7 Å². The first-order valence-corrected chi connectivity index (χ1v) is 9.96. The fourth-order valence-corrected chi connectivity index (χ4v) is 3.30. The smallest absolute Gasteiger partial charge is 0.270 e. The Labute approximate surface area is 179 Å². The molecule has 0 atom stereocenters. The zero-order valence-electron chi connectivity index (χ0n) is 17.3. The summed E-state index contributed by atoms with van der Waals surface area (Å²) in [7, 11) is 0. The lowest BCUT2D eigenvalue weighted by atomic mass is 10.1. The quantitative estimate of drug-likeness (QED) is 0.490. The van der Waals surface area contributed by atoms with Crippen LogP contribution in [0.1, 0.15) is 33.1 Å². The van der Waals surface area contributed by atoms with Crippen LogP contribution >= 0.6 is 0 Å². The molecule has 2 heterocycles. The molecule has 7 heteroatoms. The molecule has 156 valence electrons. The van der Waals surface area contributed by atoms with E-state index in [4.69, 9.17) is 0 Å². The Morgan fingerprint density at radius 3 is 2.52 bits per heavy atom. The Kier molecular flexibility index (Phi) is 5.84. The standard InChI is InChI=1S/C24H22FN5O/c1-15-7-5-10-18-22(15)29-21(14-27-24(31)20-12-6-8-16(2)28-20)30-23(18)26-13-17-9-3-4-11-19(17)25/h3-12H,13-14H2,1-2H3,(H,27,31)(H,26,29,30). The van der Waals surface area contributed by atoms with Gasteiger partial charge >= 0.3 is 0 Å². The molecule has 0 aliphatic carbocycles. The lowest BCUT2D eigenvalue weighted by Crippen LogP contribution is -2.25. The molecule has 2 N–H and O–H groups in total. The van der Waals surface area contributed by atoms with E-state index >= 15 is 0 Å². The second-order valence-corrected chi connectivity index (χ2v) is 7.25. The number of aromatic nitrogens is 3. The van der Waals surface area contributed by atoms with Gasteiger partial charge in [0.1, 0.15) is 17.3 Å². The maximum atomic E-state index is 14.0. The minimum Gasteiger partial charge on any atom is -0.365 e. The van der Waals surface area contributed by atoms with Crippen LogP contribution in [-0.2, 0) is 13.1 Å². The minimum absolute atomic E-state index is 0.146. The molecular formula is C24H22FN5O. The molecule has 31 heavy (non-hydrogen) atoms. The average molecular weight is 415 g/mol. The maximum absolute atomic E-state index is 14.0. The number of halogens is 1. The number of anilines is 1. The molecule has 6 nitrogen and oxygen atoms in total. The van der Waals surface area contributed by atoms with Gasteiger partial charge in [0.2, 0.25) is 0 Å². The van der Waals surface area contributed by atoms with Gasteiger partial charge in [0, 0.05) is 23.2 Å². The van der Waals surface area contributed by atoms with E-state index in [0.29, 0.717) is 22.9 Å². The molecule has 4 rings (SSSR count). The van der Waals surface area contributed by atoms with Crippen molar-refractivity contribution in [1.82, 2.24) is 20.3 Å². The second-order valence-electron chi connectivity index (χ2n) is 7.25. The highest BCUT2D eigenvalue weighted by Gasteiger charge is 2.12. The van der Waals surface area contributed by atoms with Crippen molar-refractivity contribution in [2.45, 2.75) is 26.9 Å². The first-order chi connectivity index (χ1) is 15.0. The van der Waals surface area contributed by atoms with Gasteiger partial charge in [-0.2, -0.15) is 0 Å². The highest BCUT2D eigenvalue weighted by atomic mass is 19.1. The number of hydrogen-bond donors (Lipinski definition) is 2. The van der Waals surface area contributed by atoms with Crippen LogP contribution in [0.3, 0.4) is 0 Å². The van der Waals surface area contributed by atoms with Crippen LogP contribution < -0.4 is 10.6 Å². The van der Waals surface area contributed by atoms with Gasteiger partial charge in [-0.05, 0) is 43.7 Å². The Morgan fingerprint density at radius 1 is 0.903 bits per heavy atom. The van der Waals surface area contributed by atoms with E-state index < -0.39 is 0 Å². The molecule has 0 spiro atoms. The lowest BCUT2D eigenvalue weighted by Gasteiger charge is -2.13. The van der Waals surface area contributed by atoms with Gasteiger partial charge in [-0.3, -0.25) is 4.79 Å². The van der Waals surface area contributed by atoms with E-state index in [1.165, 1.54) is 6.07 Å². The van der Waals surface area contributed by atoms with E-state index in [1.807, 2.05) is 38.1 Å². The van der Waals surface area contributed by atoms with Crippen molar-refractivity contribution in [3.05, 3.63) is 94.8 Å². The van der Waals surface area contributed by atoms with Gasteiger partial charge in [-0.25, -0.2) is 19.3 Å². The Morgan fingerprint density at radius 2 is 1.71 bits per heavy atom. The SMILES string of the molecule is Cc1cccc(C(=O)NCc2nc(NCc3ccccc3F)c3cccc(C)c3n2)n1. The number of rotatable bonds is 6. The van der Waals surface area contributed by atoms with Crippen molar-refractivity contribution in [2.75, 3.05) is 5.32 Å². The summed E-state index contributed by atoms with van der Waals surface area (Å²) >= 11 is 0. The molecule has 2 aromatic heterocycles. The number of hydrogen-bond acceptors (Lipinski definition) is 5. The summed E-state index contributed by atoms with van der Waals surface area (Å²) in [6, 6.07) is 17.7. The van der Waals surface area contributed by atoms with E-state index in [-0.39, 0.29) is 24.8 Å². The first kappa shape index (κ1) is 20.4. The van der Waals surface area contributed by atoms with E-state index in [2.05, 4.69) is 25.6 Å². The molecule has 0 saturated carbocycles. The van der Waals surface area contributed by atoms with Gasteiger partial charge in [-0.15, -0.1) is 0 Å². The number of fused-ring (bicyclic) bond motifs is 1. The highest BCUT2D eigenvalue weighted by Crippen LogP contribution is 2.24. The monoisotopic (exact) mass is 415 g/mol. The zero-order chi connectivity index (χ0) is 21.8. The molecule has 0 aliphatic rings. The van der Waals surface area contributed by atoms with Crippen molar-refractivity contribution in [3.8, 4) is 0 Å². The van der Waals surface area contributed by atoms with Gasteiger partial charge < -0.3 is 10.6 Å². The highest BCUT2D eigenvalue weighted by molar-refractivity contribution is 5.93. The minimum atomic E-state index is -0.293. The van der Waals surface area contributed by atoms with Crippen molar-refractivity contribution < 1.29 is 9.18 Å². The summed E-state index contributed by atoms with van der Waals surface area (Å²) in [5.74, 6) is 0.481. The van der Waals surface area contributed by atoms with Gasteiger partial charge in [0.15, 0.2) is 5.82 Å². The molecule has 4 aromatic rings. The van der Waals surface area contributed by atoms with Crippen LogP contribution in [0, 0.1) is 19.7 Å². The number of carbonyl (C=O) groups excluding carboxylic acids is 1. The third-order valence-corrected chi connectivity index (χ3v) is 4.91. The predicted octanol–water partition coefficient (Wildman–Crippen LogP) is 4.32. The summed E-state index contributed by atoms with van der Waals surface area (Å²) < 4.78 is 14.0. The molecule has 0 bridgehead atoms. The van der Waals surface area contributed by atoms with Crippen molar-refractivity contribution in [2.24, 2.45) is 0 Å². The number of amides is 1. The number of para-hydroxylation sites is 1. The fraction of sp³-hybridized carbons (Fsp3) is 0.167. The molecule has 0 unspecified atom stereocenters. The number of nitrogens with zero attached hydrogens (tertiary/aromatic N) is 3. The Balaban J connectivity index is 1.59. The van der Waals surface area contributed by atoms with Crippen molar-refractivity contribution in [3.63, 3.8) is 0 Å². The van der Waals surface area contributed by atoms with Crippen LogP contribution in [0.25, 0.3) is 10.9 Å². The van der Waals surface area contributed by atoms with Gasteiger partial charge in [0.25, 0.3) is 5.91 Å². The molecular weight excluding hydrogens is 393 g/mol. The van der Waals surface area contributed by atoms with E-state index in [9.17, 15) is 9.18 Å². The molecule has 0 radical (unpaired) electrons. The zero-order valence-corrected chi connectivity index (χ0v) is 17.3. The van der Waals surface area contributed by atoms with Crippen LogP contribution in [-0.4, -0.2) is 20.9 Å². The summed E-state index contributed by atoms with van der Waals surface area (Å²) in [5, 5.41) is 6.89. The van der Waals surface area contributed by atoms with E-state index in [0.717, 1.165) is 22.2 Å². The largest absolute Gasteiger partial charge is 0.365 e. The molecule has 0 saturated heterocycles. The maximum Gasteiger partial charge on any atom is 0.270 e. The molecule has 1 amide bonds. The molecule has 2 aromatic carbocycles. The topological polar surface area (TPSA) is 79.8 Å². The summed E-state index contributed by atoms with van der Waals surface area (Å²) in [6.07, 6.45) is 0. The number of benzene rings is 2. The number of carbonyl (C=O) groups is 1. The average Bonchev–Trinajstić information content (AvgIpc) is 2.77. The number of aryl methyl sites for hydroxylation is 2. The van der Waals surface area contributed by atoms with E-state index in [1.54, 1.807) is 30.3 Å². The number of nitrogens with one attached hydrogen (secondary N) is 2. The van der Waals surface area contributed by atoms with Crippen LogP contribution in [0.2, 0.25) is 0 Å². The lowest BCUT2D eigenvalue weighted by molar-refractivity contribution is 0.0944. The summed E-state index contributed by atoms with van der Waals surface area (Å²) in [4.78, 5) is 25.9. The summed E-state index contributed by atoms with van der Waals surface area (Å²) in [6.45, 7) is 4.23.